The van der Waals surface area contributed by atoms with Crippen LogP contribution in [-0.2, 0) is 13.6 Å². The molecule has 0 amide bonds. The Morgan fingerprint density at radius 2 is 1.94 bits per heavy atom. The van der Waals surface area contributed by atoms with Gasteiger partial charge >= 0.3 is 0 Å². The molecule has 1 aromatic rings. The number of hydrogen-bond acceptors (Lipinski definition) is 1. The maximum atomic E-state index is 3.65. The summed E-state index contributed by atoms with van der Waals surface area (Å²) < 4.78 is 2.27. The first-order chi connectivity index (χ1) is 8.02. The second-order valence-corrected chi connectivity index (χ2v) is 6.08. The summed E-state index contributed by atoms with van der Waals surface area (Å²) in [6.07, 6.45) is 5.63. The van der Waals surface area contributed by atoms with Crippen LogP contribution in [0.25, 0.3) is 0 Å². The van der Waals surface area contributed by atoms with Crippen molar-refractivity contribution in [1.82, 2.24) is 9.88 Å². The Kier molecular flexibility index (Phi) is 3.62. The first-order valence-corrected chi connectivity index (χ1v) is 6.84. The molecule has 0 atom stereocenters. The summed E-state index contributed by atoms with van der Waals surface area (Å²) in [5.74, 6) is 0. The highest BCUT2D eigenvalue weighted by Crippen LogP contribution is 2.36. The Morgan fingerprint density at radius 3 is 2.47 bits per heavy atom. The van der Waals surface area contributed by atoms with Crippen molar-refractivity contribution in [3.8, 4) is 0 Å². The van der Waals surface area contributed by atoms with Crippen molar-refractivity contribution >= 4 is 0 Å². The van der Waals surface area contributed by atoms with Gasteiger partial charge in [0.15, 0.2) is 0 Å². The third kappa shape index (κ3) is 2.74. The van der Waals surface area contributed by atoms with Crippen molar-refractivity contribution in [2.45, 2.75) is 53.0 Å². The van der Waals surface area contributed by atoms with Crippen molar-refractivity contribution in [2.75, 3.05) is 6.54 Å². The normalized spacial score (nSPS) is 18.8. The zero-order valence-corrected chi connectivity index (χ0v) is 11.8. The van der Waals surface area contributed by atoms with E-state index in [4.69, 9.17) is 0 Å². The average Bonchev–Trinajstić information content (AvgIpc) is 2.81. The number of nitrogens with one attached hydrogen (secondary N) is 1. The van der Waals surface area contributed by atoms with Crippen LogP contribution in [-0.4, -0.2) is 11.1 Å². The van der Waals surface area contributed by atoms with Gasteiger partial charge in [-0.25, -0.2) is 0 Å². The van der Waals surface area contributed by atoms with E-state index in [0.717, 1.165) is 6.54 Å². The SMILES string of the molecule is Cc1cc(CNCC2(C)CCCC2)c(C)n1C. The molecule has 1 N–H and O–H groups in total. The first kappa shape index (κ1) is 12.7. The van der Waals surface area contributed by atoms with Crippen molar-refractivity contribution in [3.05, 3.63) is 23.0 Å². The summed E-state index contributed by atoms with van der Waals surface area (Å²) in [6, 6.07) is 2.30. The van der Waals surface area contributed by atoms with E-state index >= 15 is 0 Å². The second-order valence-electron chi connectivity index (χ2n) is 6.08. The van der Waals surface area contributed by atoms with Crippen LogP contribution in [0.1, 0.15) is 49.6 Å². The molecule has 0 bridgehead atoms. The zero-order valence-electron chi connectivity index (χ0n) is 11.8. The fraction of sp³-hybridized carbons (Fsp3) is 0.733. The van der Waals surface area contributed by atoms with Gasteiger partial charge in [0.2, 0.25) is 0 Å². The minimum Gasteiger partial charge on any atom is -0.352 e. The Hall–Kier alpha value is -0.760. The van der Waals surface area contributed by atoms with Crippen molar-refractivity contribution in [2.24, 2.45) is 12.5 Å². The molecule has 0 unspecified atom stereocenters. The fourth-order valence-corrected chi connectivity index (χ4v) is 3.02. The van der Waals surface area contributed by atoms with Crippen molar-refractivity contribution in [3.63, 3.8) is 0 Å². The fourth-order valence-electron chi connectivity index (χ4n) is 3.02. The van der Waals surface area contributed by atoms with E-state index < -0.39 is 0 Å². The molecule has 1 saturated carbocycles. The van der Waals surface area contributed by atoms with E-state index in [9.17, 15) is 0 Å². The molecule has 1 fully saturated rings. The summed E-state index contributed by atoms with van der Waals surface area (Å²) in [7, 11) is 2.15. The molecular weight excluding hydrogens is 208 g/mol. The van der Waals surface area contributed by atoms with Crippen LogP contribution in [0.5, 0.6) is 0 Å². The minimum atomic E-state index is 0.553. The largest absolute Gasteiger partial charge is 0.352 e. The molecular formula is C15H26N2. The third-order valence-corrected chi connectivity index (χ3v) is 4.56. The third-order valence-electron chi connectivity index (χ3n) is 4.56. The van der Waals surface area contributed by atoms with Gasteiger partial charge in [-0.1, -0.05) is 19.8 Å². The van der Waals surface area contributed by atoms with E-state index in [1.807, 2.05) is 0 Å². The maximum Gasteiger partial charge on any atom is 0.0223 e. The zero-order chi connectivity index (χ0) is 12.5. The van der Waals surface area contributed by atoms with Gasteiger partial charge in [0, 0.05) is 31.5 Å². The highest BCUT2D eigenvalue weighted by molar-refractivity contribution is 5.26. The number of aryl methyl sites for hydroxylation is 1. The van der Waals surface area contributed by atoms with Crippen LogP contribution < -0.4 is 5.32 Å². The molecule has 0 aliphatic heterocycles. The molecule has 0 aromatic carbocycles. The lowest BCUT2D eigenvalue weighted by atomic mass is 9.89. The van der Waals surface area contributed by atoms with Crippen LogP contribution in [0.4, 0.5) is 0 Å². The predicted octanol–water partition coefficient (Wildman–Crippen LogP) is 3.31. The molecule has 0 spiro atoms. The predicted molar refractivity (Wildman–Crippen MR) is 73.2 cm³/mol. The molecule has 1 heterocycles. The number of hydrogen-bond donors (Lipinski definition) is 1. The quantitative estimate of drug-likeness (QED) is 0.845. The van der Waals surface area contributed by atoms with Crippen LogP contribution in [0, 0.1) is 19.3 Å². The van der Waals surface area contributed by atoms with Crippen LogP contribution >= 0.6 is 0 Å². The molecule has 2 rings (SSSR count). The van der Waals surface area contributed by atoms with E-state index in [1.165, 1.54) is 49.2 Å². The van der Waals surface area contributed by atoms with E-state index in [1.54, 1.807) is 0 Å². The Balaban J connectivity index is 1.87. The minimum absolute atomic E-state index is 0.553. The maximum absolute atomic E-state index is 3.65. The van der Waals surface area contributed by atoms with Crippen molar-refractivity contribution < 1.29 is 0 Å². The molecule has 1 aliphatic carbocycles. The monoisotopic (exact) mass is 234 g/mol. The first-order valence-electron chi connectivity index (χ1n) is 6.84. The standard InChI is InChI=1S/C15H26N2/c1-12-9-14(13(2)17(12)4)10-16-11-15(3)7-5-6-8-15/h9,16H,5-8,10-11H2,1-4H3. The number of rotatable bonds is 4. The van der Waals surface area contributed by atoms with Gasteiger partial charge in [-0.3, -0.25) is 0 Å². The van der Waals surface area contributed by atoms with Crippen molar-refractivity contribution in [1.29, 1.82) is 0 Å². The Labute approximate surface area is 105 Å². The molecule has 1 aliphatic rings. The van der Waals surface area contributed by atoms with Gasteiger partial charge in [0.1, 0.15) is 0 Å². The molecule has 96 valence electrons. The van der Waals surface area contributed by atoms with Crippen LogP contribution in [0.2, 0.25) is 0 Å². The highest BCUT2D eigenvalue weighted by atomic mass is 15.0. The molecule has 2 nitrogen and oxygen atoms in total. The Bertz CT molecular complexity index is 384. The molecule has 2 heteroatoms. The lowest BCUT2D eigenvalue weighted by molar-refractivity contribution is 0.314. The lowest BCUT2D eigenvalue weighted by Crippen LogP contribution is -2.29. The summed E-state index contributed by atoms with van der Waals surface area (Å²) >= 11 is 0. The molecule has 17 heavy (non-hydrogen) atoms. The average molecular weight is 234 g/mol. The summed E-state index contributed by atoms with van der Waals surface area (Å²) in [5, 5.41) is 3.65. The van der Waals surface area contributed by atoms with Gasteiger partial charge in [-0.15, -0.1) is 0 Å². The Morgan fingerprint density at radius 1 is 1.29 bits per heavy atom. The molecule has 0 radical (unpaired) electrons. The van der Waals surface area contributed by atoms with E-state index in [0.29, 0.717) is 5.41 Å². The second kappa shape index (κ2) is 4.85. The van der Waals surface area contributed by atoms with Gasteiger partial charge in [0.25, 0.3) is 0 Å². The van der Waals surface area contributed by atoms with Gasteiger partial charge in [-0.05, 0) is 43.7 Å². The summed E-state index contributed by atoms with van der Waals surface area (Å²) in [5.41, 5.74) is 4.75. The van der Waals surface area contributed by atoms with E-state index in [-0.39, 0.29) is 0 Å². The van der Waals surface area contributed by atoms with Crippen LogP contribution in [0.15, 0.2) is 6.07 Å². The summed E-state index contributed by atoms with van der Waals surface area (Å²) in [6.45, 7) is 9.00. The van der Waals surface area contributed by atoms with E-state index in [2.05, 4.69) is 43.8 Å². The van der Waals surface area contributed by atoms with Gasteiger partial charge < -0.3 is 9.88 Å². The molecule has 1 aromatic heterocycles. The number of nitrogens with zero attached hydrogens (tertiary/aromatic N) is 1. The molecule has 0 saturated heterocycles. The van der Waals surface area contributed by atoms with Gasteiger partial charge in [-0.2, -0.15) is 0 Å². The summed E-state index contributed by atoms with van der Waals surface area (Å²) in [4.78, 5) is 0. The smallest absolute Gasteiger partial charge is 0.0223 e. The van der Waals surface area contributed by atoms with Crippen LogP contribution in [0.3, 0.4) is 0 Å². The lowest BCUT2D eigenvalue weighted by Gasteiger charge is -2.23. The van der Waals surface area contributed by atoms with Gasteiger partial charge in [0.05, 0.1) is 0 Å². The topological polar surface area (TPSA) is 17.0 Å². The number of aromatic nitrogens is 1. The highest BCUT2D eigenvalue weighted by Gasteiger charge is 2.27.